The number of nitro groups is 1. The Hall–Kier alpha value is -3.73. The fourth-order valence-electron chi connectivity index (χ4n) is 2.79. The lowest BCUT2D eigenvalue weighted by Crippen LogP contribution is -2.29. The van der Waals surface area contributed by atoms with Crippen LogP contribution in [-0.2, 0) is 9.84 Å². The number of nitrogens with zero attached hydrogens (tertiary/aromatic N) is 3. The van der Waals surface area contributed by atoms with Gasteiger partial charge in [-0.3, -0.25) is 14.9 Å². The van der Waals surface area contributed by atoms with Gasteiger partial charge in [0, 0.05) is 37.8 Å². The summed E-state index contributed by atoms with van der Waals surface area (Å²) >= 11 is 0. The molecule has 3 rings (SSSR count). The highest BCUT2D eigenvalue weighted by atomic mass is 32.2. The van der Waals surface area contributed by atoms with Crippen LogP contribution >= 0.6 is 0 Å². The summed E-state index contributed by atoms with van der Waals surface area (Å²) in [5, 5.41) is 21.0. The third-order valence-electron chi connectivity index (χ3n) is 4.22. The zero-order valence-corrected chi connectivity index (χ0v) is 16.8. The SMILES string of the molecule is CS(=O)(=O)c1ccc(NCCNC(=O)c2ccccc2-n2cccn2)c([N+](=O)[O-])c1. The maximum atomic E-state index is 12.5. The molecule has 0 aliphatic heterocycles. The molecule has 1 heterocycles. The van der Waals surface area contributed by atoms with E-state index >= 15 is 0 Å². The third kappa shape index (κ3) is 4.81. The number of carbonyl (C=O) groups excluding carboxylic acids is 1. The van der Waals surface area contributed by atoms with Crippen LogP contribution in [-0.4, -0.2) is 48.4 Å². The van der Waals surface area contributed by atoms with Crippen molar-refractivity contribution in [2.75, 3.05) is 24.7 Å². The normalized spacial score (nSPS) is 11.1. The molecule has 156 valence electrons. The minimum Gasteiger partial charge on any atom is -0.378 e. The van der Waals surface area contributed by atoms with Crippen LogP contribution in [0.25, 0.3) is 5.69 Å². The summed E-state index contributed by atoms with van der Waals surface area (Å²) in [7, 11) is -3.56. The lowest BCUT2D eigenvalue weighted by Gasteiger charge is -2.11. The quantitative estimate of drug-likeness (QED) is 0.318. The zero-order chi connectivity index (χ0) is 21.7. The summed E-state index contributed by atoms with van der Waals surface area (Å²) < 4.78 is 24.8. The van der Waals surface area contributed by atoms with Gasteiger partial charge < -0.3 is 10.6 Å². The molecule has 0 fully saturated rings. The molecule has 0 radical (unpaired) electrons. The maximum Gasteiger partial charge on any atom is 0.293 e. The topological polar surface area (TPSA) is 136 Å². The van der Waals surface area contributed by atoms with Gasteiger partial charge in [0.1, 0.15) is 5.69 Å². The lowest BCUT2D eigenvalue weighted by molar-refractivity contribution is -0.384. The average molecular weight is 429 g/mol. The highest BCUT2D eigenvalue weighted by Crippen LogP contribution is 2.27. The van der Waals surface area contributed by atoms with Crippen molar-refractivity contribution < 1.29 is 18.1 Å². The van der Waals surface area contributed by atoms with Crippen molar-refractivity contribution in [3.8, 4) is 5.69 Å². The summed E-state index contributed by atoms with van der Waals surface area (Å²) in [5.41, 5.74) is 0.872. The van der Waals surface area contributed by atoms with Crippen LogP contribution in [0.15, 0.2) is 65.8 Å². The number of hydrogen-bond acceptors (Lipinski definition) is 7. The summed E-state index contributed by atoms with van der Waals surface area (Å²) in [6.45, 7) is 0.395. The number of anilines is 1. The first kappa shape index (κ1) is 21.0. The Labute approximate surface area is 172 Å². The van der Waals surface area contributed by atoms with Gasteiger partial charge in [-0.1, -0.05) is 12.1 Å². The number of carbonyl (C=O) groups is 1. The van der Waals surface area contributed by atoms with E-state index in [9.17, 15) is 23.3 Å². The zero-order valence-electron chi connectivity index (χ0n) is 16.0. The first-order valence-corrected chi connectivity index (χ1v) is 10.8. The molecule has 1 aromatic heterocycles. The van der Waals surface area contributed by atoms with Gasteiger partial charge in [-0.2, -0.15) is 5.10 Å². The Morgan fingerprint density at radius 2 is 1.93 bits per heavy atom. The number of benzene rings is 2. The number of para-hydroxylation sites is 1. The van der Waals surface area contributed by atoms with E-state index < -0.39 is 14.8 Å². The summed E-state index contributed by atoms with van der Waals surface area (Å²) in [4.78, 5) is 23.0. The molecule has 0 saturated heterocycles. The van der Waals surface area contributed by atoms with Gasteiger partial charge in [0.25, 0.3) is 11.6 Å². The number of rotatable bonds is 8. The van der Waals surface area contributed by atoms with Crippen LogP contribution < -0.4 is 10.6 Å². The van der Waals surface area contributed by atoms with Crippen molar-refractivity contribution in [1.82, 2.24) is 15.1 Å². The Morgan fingerprint density at radius 3 is 2.60 bits per heavy atom. The first-order chi connectivity index (χ1) is 14.3. The van der Waals surface area contributed by atoms with E-state index in [0.717, 1.165) is 12.3 Å². The van der Waals surface area contributed by atoms with Gasteiger partial charge >= 0.3 is 0 Å². The summed E-state index contributed by atoms with van der Waals surface area (Å²) in [6, 6.07) is 12.4. The van der Waals surface area contributed by atoms with Crippen molar-refractivity contribution in [2.24, 2.45) is 0 Å². The lowest BCUT2D eigenvalue weighted by atomic mass is 10.1. The number of sulfone groups is 1. The van der Waals surface area contributed by atoms with Crippen molar-refractivity contribution in [1.29, 1.82) is 0 Å². The number of nitrogens with one attached hydrogen (secondary N) is 2. The van der Waals surface area contributed by atoms with E-state index in [0.29, 0.717) is 11.3 Å². The second-order valence-corrected chi connectivity index (χ2v) is 8.37. The van der Waals surface area contributed by atoms with Crippen LogP contribution in [0.3, 0.4) is 0 Å². The molecule has 10 nitrogen and oxygen atoms in total. The van der Waals surface area contributed by atoms with Crippen LogP contribution in [0.4, 0.5) is 11.4 Å². The molecule has 0 aliphatic rings. The van der Waals surface area contributed by atoms with Crippen LogP contribution in [0.5, 0.6) is 0 Å². The van der Waals surface area contributed by atoms with Gasteiger partial charge in [-0.05, 0) is 30.3 Å². The summed E-state index contributed by atoms with van der Waals surface area (Å²) in [6.07, 6.45) is 4.32. The maximum absolute atomic E-state index is 12.5. The molecular formula is C19H19N5O5S. The van der Waals surface area contributed by atoms with Crippen LogP contribution in [0.2, 0.25) is 0 Å². The molecule has 0 aliphatic carbocycles. The largest absolute Gasteiger partial charge is 0.378 e. The predicted molar refractivity (Wildman–Crippen MR) is 111 cm³/mol. The Bertz CT molecular complexity index is 1180. The van der Waals surface area contributed by atoms with Gasteiger partial charge in [0.05, 0.1) is 21.1 Å². The van der Waals surface area contributed by atoms with Crippen LogP contribution in [0.1, 0.15) is 10.4 Å². The van der Waals surface area contributed by atoms with E-state index in [1.807, 2.05) is 0 Å². The number of nitro benzene ring substituents is 1. The Morgan fingerprint density at radius 1 is 1.17 bits per heavy atom. The molecule has 30 heavy (non-hydrogen) atoms. The molecule has 11 heteroatoms. The second kappa shape index (κ2) is 8.74. The standard InChI is InChI=1S/C19H19N5O5S/c1-30(28,29)14-7-8-16(18(13-14)24(26)27)20-10-11-21-19(25)15-5-2-3-6-17(15)23-12-4-9-22-23/h2-9,12-13,20H,10-11H2,1H3,(H,21,25). The van der Waals surface area contributed by atoms with Gasteiger partial charge in [-0.25, -0.2) is 13.1 Å². The van der Waals surface area contributed by atoms with E-state index in [2.05, 4.69) is 15.7 Å². The van der Waals surface area contributed by atoms with Gasteiger partial charge in [-0.15, -0.1) is 0 Å². The second-order valence-electron chi connectivity index (χ2n) is 6.36. The predicted octanol–water partition coefficient (Wildman–Crippen LogP) is 2.03. The molecule has 2 N–H and O–H groups in total. The molecule has 3 aromatic rings. The average Bonchev–Trinajstić information content (AvgIpc) is 3.25. The van der Waals surface area contributed by atoms with E-state index in [4.69, 9.17) is 0 Å². The smallest absolute Gasteiger partial charge is 0.293 e. The highest BCUT2D eigenvalue weighted by Gasteiger charge is 2.18. The third-order valence-corrected chi connectivity index (χ3v) is 5.33. The molecule has 0 atom stereocenters. The minimum absolute atomic E-state index is 0.136. The fraction of sp³-hybridized carbons (Fsp3) is 0.158. The Kier molecular flexibility index (Phi) is 6.11. The summed E-state index contributed by atoms with van der Waals surface area (Å²) in [5.74, 6) is -0.315. The molecular weight excluding hydrogens is 410 g/mol. The van der Waals surface area contributed by atoms with E-state index in [1.54, 1.807) is 47.4 Å². The first-order valence-electron chi connectivity index (χ1n) is 8.87. The Balaban J connectivity index is 1.65. The monoisotopic (exact) mass is 429 g/mol. The minimum atomic E-state index is -3.56. The van der Waals surface area contributed by atoms with Crippen molar-refractivity contribution in [2.45, 2.75) is 4.90 Å². The molecule has 0 spiro atoms. The van der Waals surface area contributed by atoms with Crippen molar-refractivity contribution in [3.05, 3.63) is 76.6 Å². The van der Waals surface area contributed by atoms with E-state index in [-0.39, 0.29) is 35.3 Å². The van der Waals surface area contributed by atoms with Crippen molar-refractivity contribution >= 4 is 27.1 Å². The highest BCUT2D eigenvalue weighted by molar-refractivity contribution is 7.90. The molecule has 1 amide bonds. The van der Waals surface area contributed by atoms with Crippen LogP contribution in [0, 0.1) is 10.1 Å². The molecule has 0 saturated carbocycles. The van der Waals surface area contributed by atoms with Gasteiger partial charge in [0.15, 0.2) is 9.84 Å². The molecule has 0 unspecified atom stereocenters. The number of amides is 1. The fourth-order valence-corrected chi connectivity index (χ4v) is 3.43. The molecule has 2 aromatic carbocycles. The van der Waals surface area contributed by atoms with Gasteiger partial charge in [0.2, 0.25) is 0 Å². The van der Waals surface area contributed by atoms with E-state index in [1.165, 1.54) is 12.1 Å². The number of aromatic nitrogens is 2. The molecule has 0 bridgehead atoms. The van der Waals surface area contributed by atoms with Crippen molar-refractivity contribution in [3.63, 3.8) is 0 Å². The number of hydrogen-bond donors (Lipinski definition) is 2.